The summed E-state index contributed by atoms with van der Waals surface area (Å²) in [5.74, 6) is -0.293. The van der Waals surface area contributed by atoms with E-state index in [0.717, 1.165) is 6.42 Å². The molecule has 0 unspecified atom stereocenters. The Balaban J connectivity index is 1.93. The summed E-state index contributed by atoms with van der Waals surface area (Å²) in [6.45, 7) is 1.46. The zero-order chi connectivity index (χ0) is 19.6. The molecule has 3 rings (SSSR count). The molecule has 1 aliphatic rings. The molecule has 0 aromatic heterocycles. The fourth-order valence-electron chi connectivity index (χ4n) is 3.12. The van der Waals surface area contributed by atoms with E-state index in [4.69, 9.17) is 4.74 Å². The number of hydrogen-bond acceptors (Lipinski definition) is 7. The highest BCUT2D eigenvalue weighted by Crippen LogP contribution is 2.43. The van der Waals surface area contributed by atoms with E-state index in [2.05, 4.69) is 10.2 Å². The van der Waals surface area contributed by atoms with Crippen molar-refractivity contribution in [1.29, 1.82) is 0 Å². The zero-order valence-corrected chi connectivity index (χ0v) is 15.3. The van der Waals surface area contributed by atoms with Gasteiger partial charge in [0.2, 0.25) is 0 Å². The van der Waals surface area contributed by atoms with Gasteiger partial charge in [0.05, 0.1) is 13.7 Å². The molecule has 0 atom stereocenters. The lowest BCUT2D eigenvalue weighted by Gasteiger charge is -2.15. The van der Waals surface area contributed by atoms with Crippen LogP contribution in [0.2, 0.25) is 0 Å². The third-order valence-corrected chi connectivity index (χ3v) is 4.95. The van der Waals surface area contributed by atoms with Gasteiger partial charge in [-0.05, 0) is 18.6 Å². The van der Waals surface area contributed by atoms with Crippen LogP contribution in [0.4, 0.5) is 0 Å². The molecule has 0 bridgehead atoms. The standard InChI is InChI=1S/C20H22N2O5/c1-3-20(21-22-20)10-9-16(24)12-7-8-14(18(25)15(12)11-23)13-5-4-6-17(27-2)19(13)26/h4-8,23,25-26H,3,9-11H2,1-2H3. The number of hydrogen-bond donors (Lipinski definition) is 3. The van der Waals surface area contributed by atoms with Gasteiger partial charge in [0.15, 0.2) is 22.9 Å². The largest absolute Gasteiger partial charge is 0.507 e. The van der Waals surface area contributed by atoms with Gasteiger partial charge in [-0.25, -0.2) is 0 Å². The van der Waals surface area contributed by atoms with Crippen molar-refractivity contribution in [3.05, 3.63) is 41.5 Å². The number of rotatable bonds is 8. The van der Waals surface area contributed by atoms with E-state index < -0.39 is 12.3 Å². The van der Waals surface area contributed by atoms with Crippen LogP contribution in [-0.2, 0) is 6.61 Å². The molecule has 0 radical (unpaired) electrons. The topological polar surface area (TPSA) is 112 Å². The van der Waals surface area contributed by atoms with Crippen molar-refractivity contribution in [2.24, 2.45) is 10.2 Å². The summed E-state index contributed by atoms with van der Waals surface area (Å²) in [7, 11) is 1.43. The van der Waals surface area contributed by atoms with Crippen molar-refractivity contribution in [3.8, 4) is 28.4 Å². The first-order valence-electron chi connectivity index (χ1n) is 8.75. The molecule has 3 N–H and O–H groups in total. The number of phenols is 2. The van der Waals surface area contributed by atoms with Crippen LogP contribution < -0.4 is 4.74 Å². The summed E-state index contributed by atoms with van der Waals surface area (Å²) < 4.78 is 5.09. The van der Waals surface area contributed by atoms with E-state index in [9.17, 15) is 20.1 Å². The Morgan fingerprint density at radius 1 is 1.11 bits per heavy atom. The van der Waals surface area contributed by atoms with Gasteiger partial charge >= 0.3 is 0 Å². The Hall–Kier alpha value is -2.93. The summed E-state index contributed by atoms with van der Waals surface area (Å²) in [5, 5.41) is 38.7. The Kier molecular flexibility index (Phi) is 5.14. The first-order chi connectivity index (χ1) is 13.0. The molecule has 2 aromatic carbocycles. The molecular weight excluding hydrogens is 348 g/mol. The second kappa shape index (κ2) is 7.36. The summed E-state index contributed by atoms with van der Waals surface area (Å²) in [6.07, 6.45) is 1.47. The summed E-state index contributed by atoms with van der Waals surface area (Å²) >= 11 is 0. The SMILES string of the molecule is CCC1(CCC(=O)c2ccc(-c3cccc(OC)c3O)c(O)c2CO)N=N1. The van der Waals surface area contributed by atoms with Crippen LogP contribution in [0.5, 0.6) is 17.2 Å². The fraction of sp³-hybridized carbons (Fsp3) is 0.350. The van der Waals surface area contributed by atoms with Gasteiger partial charge in [-0.1, -0.05) is 25.1 Å². The lowest BCUT2D eigenvalue weighted by molar-refractivity contribution is 0.0971. The number of aromatic hydroxyl groups is 2. The van der Waals surface area contributed by atoms with Gasteiger partial charge < -0.3 is 20.1 Å². The highest BCUT2D eigenvalue weighted by Gasteiger charge is 2.38. The highest BCUT2D eigenvalue weighted by atomic mass is 16.5. The number of ketones is 1. The molecule has 0 saturated heterocycles. The van der Waals surface area contributed by atoms with E-state index in [0.29, 0.717) is 17.5 Å². The number of phenolic OH excluding ortho intramolecular Hbond substituents is 1. The molecule has 1 aliphatic heterocycles. The van der Waals surface area contributed by atoms with Crippen LogP contribution in [0.1, 0.15) is 42.1 Å². The lowest BCUT2D eigenvalue weighted by Crippen LogP contribution is -2.13. The number of aliphatic hydroxyl groups excluding tert-OH is 1. The predicted octanol–water partition coefficient (Wildman–Crippen LogP) is 3.80. The number of methoxy groups -OCH3 is 1. The van der Waals surface area contributed by atoms with E-state index >= 15 is 0 Å². The van der Waals surface area contributed by atoms with Gasteiger partial charge in [0.25, 0.3) is 0 Å². The molecule has 1 heterocycles. The van der Waals surface area contributed by atoms with Gasteiger partial charge in [-0.2, -0.15) is 10.2 Å². The second-order valence-electron chi connectivity index (χ2n) is 6.46. The lowest BCUT2D eigenvalue weighted by atomic mass is 9.92. The Bertz CT molecular complexity index is 901. The first-order valence-corrected chi connectivity index (χ1v) is 8.75. The number of aliphatic hydroxyl groups is 1. The van der Waals surface area contributed by atoms with Gasteiger partial charge in [-0.15, -0.1) is 0 Å². The van der Waals surface area contributed by atoms with Crippen molar-refractivity contribution in [2.75, 3.05) is 7.11 Å². The van der Waals surface area contributed by atoms with E-state index in [1.54, 1.807) is 30.3 Å². The fourth-order valence-corrected chi connectivity index (χ4v) is 3.12. The molecule has 7 heteroatoms. The van der Waals surface area contributed by atoms with Crippen molar-refractivity contribution < 1.29 is 24.9 Å². The van der Waals surface area contributed by atoms with Crippen LogP contribution in [0.25, 0.3) is 11.1 Å². The molecule has 27 heavy (non-hydrogen) atoms. The van der Waals surface area contributed by atoms with Crippen LogP contribution in [0, 0.1) is 0 Å². The number of benzene rings is 2. The second-order valence-corrected chi connectivity index (χ2v) is 6.46. The Morgan fingerprint density at radius 2 is 1.81 bits per heavy atom. The summed E-state index contributed by atoms with van der Waals surface area (Å²) in [5.41, 5.74) is 0.608. The summed E-state index contributed by atoms with van der Waals surface area (Å²) in [4.78, 5) is 12.6. The number of nitrogens with zero attached hydrogens (tertiary/aromatic N) is 2. The van der Waals surface area contributed by atoms with Gasteiger partial charge in [0.1, 0.15) is 5.75 Å². The molecular formula is C20H22N2O5. The Labute approximate surface area is 157 Å². The van der Waals surface area contributed by atoms with Crippen molar-refractivity contribution in [2.45, 2.75) is 38.5 Å². The van der Waals surface area contributed by atoms with Gasteiger partial charge in [0, 0.05) is 35.1 Å². The number of carbonyl (C=O) groups is 1. The first kappa shape index (κ1) is 18.8. The number of ether oxygens (including phenoxy) is 1. The number of Topliss-reactive ketones (excluding diaryl/α,β-unsaturated/α-hetero) is 1. The quantitative estimate of drug-likeness (QED) is 0.612. The van der Waals surface area contributed by atoms with E-state index in [1.165, 1.54) is 7.11 Å². The van der Waals surface area contributed by atoms with Crippen molar-refractivity contribution in [1.82, 2.24) is 0 Å². The molecule has 142 valence electrons. The molecule has 2 aromatic rings. The molecule has 0 saturated carbocycles. The van der Waals surface area contributed by atoms with Crippen molar-refractivity contribution >= 4 is 5.78 Å². The average molecular weight is 370 g/mol. The maximum Gasteiger partial charge on any atom is 0.191 e. The minimum Gasteiger partial charge on any atom is -0.507 e. The average Bonchev–Trinajstić information content (AvgIpc) is 3.47. The van der Waals surface area contributed by atoms with Crippen LogP contribution in [0.15, 0.2) is 40.6 Å². The van der Waals surface area contributed by atoms with Crippen LogP contribution >= 0.6 is 0 Å². The highest BCUT2D eigenvalue weighted by molar-refractivity contribution is 5.99. The molecule has 0 spiro atoms. The normalized spacial score (nSPS) is 14.2. The molecule has 0 aliphatic carbocycles. The zero-order valence-electron chi connectivity index (χ0n) is 15.3. The van der Waals surface area contributed by atoms with E-state index in [1.807, 2.05) is 6.92 Å². The summed E-state index contributed by atoms with van der Waals surface area (Å²) in [6, 6.07) is 8.01. The number of para-hydroxylation sites is 1. The molecule has 0 amide bonds. The van der Waals surface area contributed by atoms with Crippen LogP contribution in [0.3, 0.4) is 0 Å². The third-order valence-electron chi connectivity index (χ3n) is 4.95. The minimum atomic E-state index is -0.501. The van der Waals surface area contributed by atoms with Crippen molar-refractivity contribution in [3.63, 3.8) is 0 Å². The predicted molar refractivity (Wildman–Crippen MR) is 99.1 cm³/mol. The van der Waals surface area contributed by atoms with Crippen LogP contribution in [-0.4, -0.2) is 33.9 Å². The molecule has 0 fully saturated rings. The molecule has 7 nitrogen and oxygen atoms in total. The maximum atomic E-state index is 12.6. The minimum absolute atomic E-state index is 0.125. The van der Waals surface area contributed by atoms with Gasteiger partial charge in [-0.3, -0.25) is 4.79 Å². The third kappa shape index (κ3) is 3.50. The monoisotopic (exact) mass is 370 g/mol. The maximum absolute atomic E-state index is 12.6. The smallest absolute Gasteiger partial charge is 0.191 e. The van der Waals surface area contributed by atoms with E-state index in [-0.39, 0.29) is 40.6 Å². The Morgan fingerprint density at radius 3 is 2.41 bits per heavy atom. The number of carbonyl (C=O) groups excluding carboxylic acids is 1.